The van der Waals surface area contributed by atoms with Gasteiger partial charge in [0.25, 0.3) is 0 Å². The van der Waals surface area contributed by atoms with Crippen molar-refractivity contribution in [3.63, 3.8) is 0 Å². The summed E-state index contributed by atoms with van der Waals surface area (Å²) in [6, 6.07) is 0. The fraction of sp³-hybridized carbons (Fsp3) is 1.00. The van der Waals surface area contributed by atoms with Crippen LogP contribution in [-0.2, 0) is 28.4 Å². The average molecular weight is 633 g/mol. The molecule has 3 aliphatic rings. The monoisotopic (exact) mass is 632 g/mol. The molecule has 16 nitrogen and oxygen atoms in total. The fourth-order valence-electron chi connectivity index (χ4n) is 5.23. The van der Waals surface area contributed by atoms with Crippen LogP contribution in [0.15, 0.2) is 0 Å². The van der Waals surface area contributed by atoms with E-state index >= 15 is 0 Å². The molecule has 3 aliphatic heterocycles. The van der Waals surface area contributed by atoms with E-state index in [1.165, 1.54) is 0 Å². The molecular weight excluding hydrogens is 580 g/mol. The van der Waals surface area contributed by atoms with Crippen LogP contribution in [0.25, 0.3) is 0 Å². The van der Waals surface area contributed by atoms with E-state index in [1.807, 2.05) is 0 Å². The van der Waals surface area contributed by atoms with E-state index in [-0.39, 0.29) is 0 Å². The standard InChI is InChI=1S/C17H32O10.C10H20O6/c1-5-9-11(20)13(22)16(7-19,25-9)24-8-17(27-15(2,3)4)14(23)12(21)10(6-18)26-17;1-9(2,3)16-10(5-12)8(14)7(13)6(4-11)15-10/h9-14,18-23H,5-8H2,1-4H3;6-8,11-14H,4-5H2,1-3H3/t9-,10+,11+,12+,13+,14+,16-,17-;6-,7-,8-,10+/m01/s1. The van der Waals surface area contributed by atoms with Crippen LogP contribution in [0.3, 0.4) is 0 Å². The van der Waals surface area contributed by atoms with Crippen molar-refractivity contribution >= 4 is 0 Å². The normalized spacial score (nSPS) is 43.6. The lowest BCUT2D eigenvalue weighted by Gasteiger charge is -2.40. The summed E-state index contributed by atoms with van der Waals surface area (Å²) in [5.41, 5.74) is -1.49. The van der Waals surface area contributed by atoms with E-state index in [0.717, 1.165) is 0 Å². The van der Waals surface area contributed by atoms with Gasteiger partial charge >= 0.3 is 0 Å². The highest BCUT2D eigenvalue weighted by Crippen LogP contribution is 2.40. The molecule has 12 atom stereocenters. The minimum atomic E-state index is -1.94. The zero-order valence-corrected chi connectivity index (χ0v) is 25.9. The third-order valence-electron chi connectivity index (χ3n) is 7.20. The molecule has 10 N–H and O–H groups in total. The molecule has 0 spiro atoms. The van der Waals surface area contributed by atoms with Crippen LogP contribution >= 0.6 is 0 Å². The number of aliphatic hydroxyl groups excluding tert-OH is 10. The first-order chi connectivity index (χ1) is 19.7. The average Bonchev–Trinajstić information content (AvgIpc) is 3.42. The maximum atomic E-state index is 10.5. The highest BCUT2D eigenvalue weighted by atomic mass is 16.8. The topological polar surface area (TPSA) is 258 Å². The summed E-state index contributed by atoms with van der Waals surface area (Å²) in [6.07, 6.45) is -10.9. The van der Waals surface area contributed by atoms with Gasteiger partial charge < -0.3 is 79.5 Å². The number of hydrogen-bond donors (Lipinski definition) is 10. The van der Waals surface area contributed by atoms with Crippen LogP contribution < -0.4 is 0 Å². The van der Waals surface area contributed by atoms with E-state index in [9.17, 15) is 46.0 Å². The van der Waals surface area contributed by atoms with Gasteiger partial charge in [-0.1, -0.05) is 6.92 Å². The fourth-order valence-corrected chi connectivity index (χ4v) is 5.23. The number of hydrogen-bond acceptors (Lipinski definition) is 16. The van der Waals surface area contributed by atoms with Crippen LogP contribution in [0.4, 0.5) is 0 Å². The molecule has 0 unspecified atom stereocenters. The summed E-state index contributed by atoms with van der Waals surface area (Å²) < 4.78 is 33.2. The van der Waals surface area contributed by atoms with Gasteiger partial charge in [-0.3, -0.25) is 0 Å². The van der Waals surface area contributed by atoms with Crippen molar-refractivity contribution in [3.05, 3.63) is 0 Å². The van der Waals surface area contributed by atoms with Gasteiger partial charge in [-0.25, -0.2) is 0 Å². The van der Waals surface area contributed by atoms with Crippen LogP contribution in [0.5, 0.6) is 0 Å². The van der Waals surface area contributed by atoms with Crippen molar-refractivity contribution in [2.24, 2.45) is 0 Å². The van der Waals surface area contributed by atoms with Crippen LogP contribution in [-0.4, -0.2) is 168 Å². The SMILES string of the molecule is CC(C)(C)O[C@]1(CO)O[C@H](CO)[C@@H](O)[C@H]1O.CC[C@@H]1O[C@](CO)(OC[C@@]2(OC(C)(C)C)O[C@H](CO)[C@@H](O)[C@H]2O)[C@H](O)[C@@H]1O. The molecule has 0 aliphatic carbocycles. The number of ether oxygens (including phenoxy) is 6. The highest BCUT2D eigenvalue weighted by Gasteiger charge is 2.61. The van der Waals surface area contributed by atoms with Gasteiger partial charge in [-0.2, -0.15) is 0 Å². The Kier molecular flexibility index (Phi) is 12.9. The van der Waals surface area contributed by atoms with E-state index in [0.29, 0.717) is 6.42 Å². The third kappa shape index (κ3) is 8.40. The van der Waals surface area contributed by atoms with E-state index in [1.54, 1.807) is 48.5 Å². The molecule has 16 heteroatoms. The Morgan fingerprint density at radius 1 is 0.558 bits per heavy atom. The zero-order valence-electron chi connectivity index (χ0n) is 25.9. The minimum Gasteiger partial charge on any atom is -0.394 e. The van der Waals surface area contributed by atoms with Gasteiger partial charge in [0.2, 0.25) is 17.4 Å². The Morgan fingerprint density at radius 3 is 1.26 bits per heavy atom. The highest BCUT2D eigenvalue weighted by molar-refractivity contribution is 5.01. The molecule has 0 aromatic carbocycles. The van der Waals surface area contributed by atoms with E-state index in [2.05, 4.69) is 0 Å². The lowest BCUT2D eigenvalue weighted by Crippen LogP contribution is -2.57. The molecule has 256 valence electrons. The predicted octanol–water partition coefficient (Wildman–Crippen LogP) is -3.55. The van der Waals surface area contributed by atoms with Gasteiger partial charge in [-0.15, -0.1) is 0 Å². The smallest absolute Gasteiger partial charge is 0.222 e. The van der Waals surface area contributed by atoms with Gasteiger partial charge in [0.15, 0.2) is 0 Å². The summed E-state index contributed by atoms with van der Waals surface area (Å²) in [7, 11) is 0. The second-order valence-corrected chi connectivity index (χ2v) is 13.0. The Labute approximate surface area is 251 Å². The van der Waals surface area contributed by atoms with Crippen LogP contribution in [0, 0.1) is 0 Å². The van der Waals surface area contributed by atoms with Gasteiger partial charge in [0.05, 0.1) is 30.5 Å². The summed E-state index contributed by atoms with van der Waals surface area (Å²) in [6.45, 7) is 9.12. The van der Waals surface area contributed by atoms with E-state index in [4.69, 9.17) is 33.5 Å². The molecular formula is C27H52O16. The largest absolute Gasteiger partial charge is 0.394 e. The lowest BCUT2D eigenvalue weighted by atomic mass is 10.0. The predicted molar refractivity (Wildman–Crippen MR) is 145 cm³/mol. The van der Waals surface area contributed by atoms with E-state index < -0.39 is 117 Å². The molecule has 0 saturated carbocycles. The summed E-state index contributed by atoms with van der Waals surface area (Å²) in [5.74, 6) is -5.50. The lowest BCUT2D eigenvalue weighted by molar-refractivity contribution is -0.355. The summed E-state index contributed by atoms with van der Waals surface area (Å²) in [5, 5.41) is 97.8. The second kappa shape index (κ2) is 14.4. The summed E-state index contributed by atoms with van der Waals surface area (Å²) >= 11 is 0. The molecule has 3 saturated heterocycles. The first-order valence-electron chi connectivity index (χ1n) is 14.3. The Morgan fingerprint density at radius 2 is 0.907 bits per heavy atom. The third-order valence-corrected chi connectivity index (χ3v) is 7.20. The van der Waals surface area contributed by atoms with Crippen molar-refractivity contribution in [1.82, 2.24) is 0 Å². The van der Waals surface area contributed by atoms with Crippen LogP contribution in [0.1, 0.15) is 54.9 Å². The molecule has 0 aromatic rings. The van der Waals surface area contributed by atoms with Crippen molar-refractivity contribution in [1.29, 1.82) is 0 Å². The minimum absolute atomic E-state index is 0.372. The van der Waals surface area contributed by atoms with Crippen molar-refractivity contribution in [3.8, 4) is 0 Å². The maximum absolute atomic E-state index is 10.5. The molecule has 3 fully saturated rings. The number of rotatable bonds is 10. The quantitative estimate of drug-likeness (QED) is 0.112. The maximum Gasteiger partial charge on any atom is 0.222 e. The molecule has 0 bridgehead atoms. The molecule has 0 radical (unpaired) electrons. The van der Waals surface area contributed by atoms with Crippen molar-refractivity contribution in [2.45, 2.75) is 138 Å². The van der Waals surface area contributed by atoms with Gasteiger partial charge in [0, 0.05) is 0 Å². The second-order valence-electron chi connectivity index (χ2n) is 13.0. The summed E-state index contributed by atoms with van der Waals surface area (Å²) in [4.78, 5) is 0. The van der Waals surface area contributed by atoms with Crippen LogP contribution in [0.2, 0.25) is 0 Å². The Balaban J connectivity index is 0.000000344. The Hall–Kier alpha value is -0.640. The molecule has 43 heavy (non-hydrogen) atoms. The first kappa shape index (κ1) is 38.5. The molecule has 3 rings (SSSR count). The number of aliphatic hydroxyl groups is 10. The van der Waals surface area contributed by atoms with Gasteiger partial charge in [-0.05, 0) is 48.0 Å². The van der Waals surface area contributed by atoms with Crippen molar-refractivity contribution < 1.29 is 79.5 Å². The van der Waals surface area contributed by atoms with Crippen molar-refractivity contribution in [2.75, 3.05) is 33.0 Å². The Bertz CT molecular complexity index is 865. The first-order valence-corrected chi connectivity index (χ1v) is 14.3. The molecule has 3 heterocycles. The molecule has 0 amide bonds. The van der Waals surface area contributed by atoms with Gasteiger partial charge in [0.1, 0.15) is 68.7 Å². The molecule has 0 aromatic heterocycles. The zero-order chi connectivity index (χ0) is 33.2.